The van der Waals surface area contributed by atoms with E-state index in [9.17, 15) is 8.42 Å². The van der Waals surface area contributed by atoms with Gasteiger partial charge in [0.05, 0.1) is 0 Å². The van der Waals surface area contributed by atoms with E-state index in [0.717, 1.165) is 19.3 Å². The Bertz CT molecular complexity index is 639. The Hall–Kier alpha value is -1.09. The standard InChI is InChI=1S/C13H20N4O2S2/c1-17(2)13(6-4-7-13)9-16-21(18,19)10-5-3-8-15-11(10)12(14)20/h3,5,8,16H,4,6-7,9H2,1-2H3,(H2,14,20). The number of nitrogens with zero attached hydrogens (tertiary/aromatic N) is 2. The molecule has 3 N–H and O–H groups in total. The van der Waals surface area contributed by atoms with Gasteiger partial charge in [-0.2, -0.15) is 0 Å². The van der Waals surface area contributed by atoms with Crippen LogP contribution in [0, 0.1) is 0 Å². The number of nitrogens with two attached hydrogens (primary N) is 1. The molecule has 0 spiro atoms. The monoisotopic (exact) mass is 328 g/mol. The molecule has 1 heterocycles. The summed E-state index contributed by atoms with van der Waals surface area (Å²) in [5.74, 6) is 0. The van der Waals surface area contributed by atoms with E-state index in [1.807, 2.05) is 14.1 Å². The number of thiocarbonyl (C=S) groups is 1. The maximum absolute atomic E-state index is 12.5. The van der Waals surface area contributed by atoms with Crippen LogP contribution in [0.2, 0.25) is 0 Å². The molecule has 2 rings (SSSR count). The van der Waals surface area contributed by atoms with Crippen molar-refractivity contribution in [3.05, 3.63) is 24.0 Å². The average molecular weight is 328 g/mol. The van der Waals surface area contributed by atoms with E-state index < -0.39 is 10.0 Å². The number of pyridine rings is 1. The number of aromatic nitrogens is 1. The lowest BCUT2D eigenvalue weighted by atomic mass is 9.76. The van der Waals surface area contributed by atoms with Crippen molar-refractivity contribution in [1.82, 2.24) is 14.6 Å². The molecule has 0 radical (unpaired) electrons. The van der Waals surface area contributed by atoms with E-state index >= 15 is 0 Å². The van der Waals surface area contributed by atoms with Crippen LogP contribution in [0.25, 0.3) is 0 Å². The minimum Gasteiger partial charge on any atom is -0.388 e. The van der Waals surface area contributed by atoms with Crippen LogP contribution in [0.3, 0.4) is 0 Å². The van der Waals surface area contributed by atoms with Crippen molar-refractivity contribution in [3.63, 3.8) is 0 Å². The molecular formula is C13H20N4O2S2. The molecule has 0 amide bonds. The summed E-state index contributed by atoms with van der Waals surface area (Å²) < 4.78 is 27.6. The first-order valence-electron chi connectivity index (χ1n) is 6.70. The van der Waals surface area contributed by atoms with Crippen molar-refractivity contribution >= 4 is 27.2 Å². The molecule has 0 aromatic carbocycles. The quantitative estimate of drug-likeness (QED) is 0.739. The van der Waals surface area contributed by atoms with Crippen LogP contribution in [0.15, 0.2) is 23.2 Å². The Morgan fingerprint density at radius 3 is 2.67 bits per heavy atom. The molecule has 1 aliphatic carbocycles. The molecule has 1 aromatic heterocycles. The summed E-state index contributed by atoms with van der Waals surface area (Å²) in [5.41, 5.74) is 5.58. The molecule has 0 unspecified atom stereocenters. The van der Waals surface area contributed by atoms with Gasteiger partial charge in [0.25, 0.3) is 0 Å². The first kappa shape index (κ1) is 16.3. The maximum atomic E-state index is 12.5. The Kier molecular flexibility index (Phi) is 4.62. The van der Waals surface area contributed by atoms with Gasteiger partial charge in [-0.15, -0.1) is 0 Å². The zero-order chi connectivity index (χ0) is 15.7. The summed E-state index contributed by atoms with van der Waals surface area (Å²) in [5, 5.41) is 0. The highest BCUT2D eigenvalue weighted by Gasteiger charge is 2.40. The molecular weight excluding hydrogens is 308 g/mol. The van der Waals surface area contributed by atoms with Crippen LogP contribution >= 0.6 is 12.2 Å². The van der Waals surface area contributed by atoms with E-state index in [1.54, 1.807) is 6.07 Å². The fraction of sp³-hybridized carbons (Fsp3) is 0.538. The van der Waals surface area contributed by atoms with Crippen LogP contribution in [0.5, 0.6) is 0 Å². The number of nitrogens with one attached hydrogen (secondary N) is 1. The summed E-state index contributed by atoms with van der Waals surface area (Å²) >= 11 is 4.87. The Labute approximate surface area is 130 Å². The van der Waals surface area contributed by atoms with Crippen molar-refractivity contribution < 1.29 is 8.42 Å². The third kappa shape index (κ3) is 3.23. The fourth-order valence-corrected chi connectivity index (χ4v) is 3.98. The summed E-state index contributed by atoms with van der Waals surface area (Å²) in [6.45, 7) is 0.369. The van der Waals surface area contributed by atoms with E-state index in [-0.39, 0.29) is 21.1 Å². The van der Waals surface area contributed by atoms with Gasteiger partial charge in [0.15, 0.2) is 0 Å². The van der Waals surface area contributed by atoms with Gasteiger partial charge in [-0.05, 0) is 45.5 Å². The highest BCUT2D eigenvalue weighted by molar-refractivity contribution is 7.89. The fourth-order valence-electron chi connectivity index (χ4n) is 2.47. The van der Waals surface area contributed by atoms with E-state index in [2.05, 4.69) is 14.6 Å². The topological polar surface area (TPSA) is 88.3 Å². The summed E-state index contributed by atoms with van der Waals surface area (Å²) in [7, 11) is 0.255. The van der Waals surface area contributed by atoms with Crippen LogP contribution in [0.1, 0.15) is 25.0 Å². The Morgan fingerprint density at radius 1 is 1.52 bits per heavy atom. The van der Waals surface area contributed by atoms with E-state index in [0.29, 0.717) is 6.54 Å². The molecule has 8 heteroatoms. The molecule has 1 saturated carbocycles. The maximum Gasteiger partial charge on any atom is 0.242 e. The van der Waals surface area contributed by atoms with Gasteiger partial charge in [0.2, 0.25) is 10.0 Å². The SMILES string of the molecule is CN(C)C1(CNS(=O)(=O)c2cccnc2C(N)=S)CCC1. The molecule has 0 bridgehead atoms. The molecule has 6 nitrogen and oxygen atoms in total. The number of likely N-dealkylation sites (N-methyl/N-ethyl adjacent to an activating group) is 1. The van der Waals surface area contributed by atoms with E-state index in [4.69, 9.17) is 18.0 Å². The molecule has 1 fully saturated rings. The second kappa shape index (κ2) is 5.96. The van der Waals surface area contributed by atoms with Crippen molar-refractivity contribution in [3.8, 4) is 0 Å². The average Bonchev–Trinajstić information content (AvgIpc) is 2.36. The van der Waals surface area contributed by atoms with Crippen molar-refractivity contribution in [2.24, 2.45) is 5.73 Å². The van der Waals surface area contributed by atoms with Gasteiger partial charge in [0.1, 0.15) is 15.6 Å². The zero-order valence-electron chi connectivity index (χ0n) is 12.2. The lowest BCUT2D eigenvalue weighted by Crippen LogP contribution is -2.57. The molecule has 21 heavy (non-hydrogen) atoms. The smallest absolute Gasteiger partial charge is 0.242 e. The van der Waals surface area contributed by atoms with Crippen molar-refractivity contribution in [2.45, 2.75) is 29.7 Å². The molecule has 1 aliphatic rings. The van der Waals surface area contributed by atoms with Crippen molar-refractivity contribution in [1.29, 1.82) is 0 Å². The second-order valence-corrected chi connectivity index (χ2v) is 7.69. The number of rotatable bonds is 6. The van der Waals surface area contributed by atoms with Crippen LogP contribution in [0.4, 0.5) is 0 Å². The molecule has 116 valence electrons. The summed E-state index contributed by atoms with van der Waals surface area (Å²) in [4.78, 5) is 6.05. The largest absolute Gasteiger partial charge is 0.388 e. The third-order valence-electron chi connectivity index (χ3n) is 4.12. The van der Waals surface area contributed by atoms with Gasteiger partial charge in [-0.25, -0.2) is 13.1 Å². The minimum atomic E-state index is -3.69. The first-order chi connectivity index (χ1) is 9.78. The predicted molar refractivity (Wildman–Crippen MR) is 85.6 cm³/mol. The van der Waals surface area contributed by atoms with Crippen LogP contribution in [-0.2, 0) is 10.0 Å². The van der Waals surface area contributed by atoms with Gasteiger partial charge in [-0.3, -0.25) is 4.98 Å². The lowest BCUT2D eigenvalue weighted by Gasteiger charge is -2.47. The number of hydrogen-bond donors (Lipinski definition) is 2. The van der Waals surface area contributed by atoms with Crippen LogP contribution < -0.4 is 10.5 Å². The van der Waals surface area contributed by atoms with Crippen molar-refractivity contribution in [2.75, 3.05) is 20.6 Å². The summed E-state index contributed by atoms with van der Waals surface area (Å²) in [6, 6.07) is 3.02. The normalized spacial score (nSPS) is 17.5. The second-order valence-electron chi connectivity index (χ2n) is 5.51. The number of hydrogen-bond acceptors (Lipinski definition) is 5. The predicted octanol–water partition coefficient (Wildman–Crippen LogP) is 0.478. The van der Waals surface area contributed by atoms with Gasteiger partial charge in [0, 0.05) is 18.3 Å². The molecule has 1 aromatic rings. The Balaban J connectivity index is 2.22. The van der Waals surface area contributed by atoms with Gasteiger partial charge in [-0.1, -0.05) is 12.2 Å². The van der Waals surface area contributed by atoms with Gasteiger partial charge >= 0.3 is 0 Å². The molecule has 0 aliphatic heterocycles. The Morgan fingerprint density at radius 2 is 2.19 bits per heavy atom. The minimum absolute atomic E-state index is 0.0260. The molecule has 0 atom stereocenters. The third-order valence-corrected chi connectivity index (χ3v) is 5.74. The number of sulfonamides is 1. The van der Waals surface area contributed by atoms with Gasteiger partial charge < -0.3 is 10.6 Å². The first-order valence-corrected chi connectivity index (χ1v) is 8.60. The highest BCUT2D eigenvalue weighted by Crippen LogP contribution is 2.35. The highest BCUT2D eigenvalue weighted by atomic mass is 32.2. The zero-order valence-corrected chi connectivity index (χ0v) is 13.8. The van der Waals surface area contributed by atoms with E-state index in [1.165, 1.54) is 12.3 Å². The molecule has 0 saturated heterocycles. The van der Waals surface area contributed by atoms with Crippen LogP contribution in [-0.4, -0.2) is 49.5 Å². The summed E-state index contributed by atoms with van der Waals surface area (Å²) in [6.07, 6.45) is 4.56. The lowest BCUT2D eigenvalue weighted by molar-refractivity contribution is 0.0657.